The lowest BCUT2D eigenvalue weighted by Crippen LogP contribution is -2.48. The summed E-state index contributed by atoms with van der Waals surface area (Å²) < 4.78 is 38.2. The first-order chi connectivity index (χ1) is 11.7. The number of aromatic amines is 1. The second-order valence-electron chi connectivity index (χ2n) is 6.59. The van der Waals surface area contributed by atoms with Crippen LogP contribution >= 0.6 is 0 Å². The minimum Gasteiger partial charge on any atom is -0.385 e. The number of pyridine rings is 1. The summed E-state index contributed by atoms with van der Waals surface area (Å²) >= 11 is 0. The average Bonchev–Trinajstić information content (AvgIpc) is 2.54. The monoisotopic (exact) mass is 352 g/mol. The van der Waals surface area contributed by atoms with Crippen molar-refractivity contribution in [3.05, 3.63) is 69.6 Å². The number of H-pyrrole nitrogens is 1. The number of piperidine rings is 1. The van der Waals surface area contributed by atoms with Crippen LogP contribution in [0.5, 0.6) is 0 Å². The highest BCUT2D eigenvalue weighted by atomic mass is 19.4. The summed E-state index contributed by atoms with van der Waals surface area (Å²) in [7, 11) is 0. The van der Waals surface area contributed by atoms with E-state index in [1.54, 1.807) is 12.1 Å². The molecule has 7 heteroatoms. The Morgan fingerprint density at radius 2 is 1.84 bits per heavy atom. The lowest BCUT2D eigenvalue weighted by molar-refractivity contribution is -0.137. The highest BCUT2D eigenvalue weighted by Gasteiger charge is 2.40. The molecule has 1 unspecified atom stereocenters. The molecule has 1 aliphatic rings. The predicted octanol–water partition coefficient (Wildman–Crippen LogP) is 3.09. The molecule has 0 aliphatic carbocycles. The zero-order valence-electron chi connectivity index (χ0n) is 13.6. The van der Waals surface area contributed by atoms with Gasteiger partial charge in [-0.25, -0.2) is 0 Å². The molecule has 0 saturated carbocycles. The molecule has 1 aromatic carbocycles. The van der Waals surface area contributed by atoms with Gasteiger partial charge in [0.25, 0.3) is 5.56 Å². The number of hydrogen-bond acceptors (Lipinski definition) is 3. The first-order valence-corrected chi connectivity index (χ1v) is 8.03. The Morgan fingerprint density at radius 1 is 1.16 bits per heavy atom. The molecule has 25 heavy (non-hydrogen) atoms. The first kappa shape index (κ1) is 17.7. The number of halogens is 3. The molecule has 1 fully saturated rings. The van der Waals surface area contributed by atoms with E-state index in [0.717, 1.165) is 12.1 Å². The zero-order chi connectivity index (χ0) is 18.2. The molecule has 3 rings (SSSR count). The highest BCUT2D eigenvalue weighted by molar-refractivity contribution is 5.31. The van der Waals surface area contributed by atoms with Crippen LogP contribution in [0.25, 0.3) is 0 Å². The maximum atomic E-state index is 12.7. The maximum Gasteiger partial charge on any atom is 0.416 e. The molecule has 3 N–H and O–H groups in total. The number of nitrogens with one attached hydrogen (secondary N) is 2. The minimum atomic E-state index is -4.41. The standard InChI is InChI=1S/C18H19F3N2O2/c1-11-9-17(25,12-4-6-13(7-5-12)18(19,20)21)10-15(23-11)14-3-2-8-22-16(14)24/h2-8,11,15,23,25H,9-10H2,1H3,(H,22,24)/t11-,15-,17?/m0/s1. The molecular formula is C18H19F3N2O2. The van der Waals surface area contributed by atoms with Crippen LogP contribution in [-0.4, -0.2) is 16.1 Å². The van der Waals surface area contributed by atoms with Crippen molar-refractivity contribution in [2.75, 3.05) is 0 Å². The number of aromatic nitrogens is 1. The maximum absolute atomic E-state index is 12.7. The van der Waals surface area contributed by atoms with Gasteiger partial charge < -0.3 is 15.4 Å². The molecule has 2 heterocycles. The van der Waals surface area contributed by atoms with Crippen LogP contribution in [0, 0.1) is 0 Å². The minimum absolute atomic E-state index is 0.106. The van der Waals surface area contributed by atoms with Gasteiger partial charge in [0.2, 0.25) is 0 Å². The van der Waals surface area contributed by atoms with Crippen molar-refractivity contribution in [1.82, 2.24) is 10.3 Å². The number of alkyl halides is 3. The number of hydrogen-bond donors (Lipinski definition) is 3. The lowest BCUT2D eigenvalue weighted by atomic mass is 9.77. The van der Waals surface area contributed by atoms with Gasteiger partial charge in [-0.3, -0.25) is 4.79 Å². The van der Waals surface area contributed by atoms with Crippen molar-refractivity contribution in [3.63, 3.8) is 0 Å². The van der Waals surface area contributed by atoms with Crippen LogP contribution in [0.15, 0.2) is 47.4 Å². The molecule has 2 aromatic rings. The molecule has 0 amide bonds. The first-order valence-electron chi connectivity index (χ1n) is 8.03. The second kappa shape index (κ2) is 6.31. The summed E-state index contributed by atoms with van der Waals surface area (Å²) in [4.78, 5) is 14.6. The molecule has 3 atom stereocenters. The smallest absolute Gasteiger partial charge is 0.385 e. The van der Waals surface area contributed by atoms with E-state index in [-0.39, 0.29) is 24.1 Å². The highest BCUT2D eigenvalue weighted by Crippen LogP contribution is 2.40. The Hall–Kier alpha value is -2.12. The zero-order valence-corrected chi connectivity index (χ0v) is 13.6. The Kier molecular flexibility index (Phi) is 4.47. The van der Waals surface area contributed by atoms with Crippen LogP contribution < -0.4 is 10.9 Å². The van der Waals surface area contributed by atoms with Gasteiger partial charge in [-0.2, -0.15) is 13.2 Å². The topological polar surface area (TPSA) is 65.1 Å². The van der Waals surface area contributed by atoms with Crippen molar-refractivity contribution in [1.29, 1.82) is 0 Å². The molecular weight excluding hydrogens is 333 g/mol. The molecule has 0 bridgehead atoms. The van der Waals surface area contributed by atoms with Crippen LogP contribution in [0.1, 0.15) is 42.5 Å². The summed E-state index contributed by atoms with van der Waals surface area (Å²) in [5, 5.41) is 14.4. The summed E-state index contributed by atoms with van der Waals surface area (Å²) in [6.07, 6.45) is -2.34. The summed E-state index contributed by atoms with van der Waals surface area (Å²) in [5.41, 5.74) is -1.38. The van der Waals surface area contributed by atoms with E-state index >= 15 is 0 Å². The van der Waals surface area contributed by atoms with Crippen LogP contribution in [0.4, 0.5) is 13.2 Å². The average molecular weight is 352 g/mol. The SMILES string of the molecule is C[C@H]1CC(O)(c2ccc(C(F)(F)F)cc2)C[C@@H](c2ccc[nH]c2=O)N1. The van der Waals surface area contributed by atoms with Gasteiger partial charge >= 0.3 is 6.18 Å². The van der Waals surface area contributed by atoms with E-state index in [1.165, 1.54) is 18.3 Å². The van der Waals surface area contributed by atoms with Gasteiger partial charge in [-0.05, 0) is 37.1 Å². The van der Waals surface area contributed by atoms with Crippen LogP contribution in [0.3, 0.4) is 0 Å². The van der Waals surface area contributed by atoms with Crippen molar-refractivity contribution >= 4 is 0 Å². The molecule has 1 saturated heterocycles. The second-order valence-corrected chi connectivity index (χ2v) is 6.59. The quantitative estimate of drug-likeness (QED) is 0.778. The molecule has 1 aliphatic heterocycles. The Labute approximate surface area is 142 Å². The third-order valence-electron chi connectivity index (χ3n) is 4.65. The fourth-order valence-electron chi connectivity index (χ4n) is 3.50. The Balaban J connectivity index is 1.92. The van der Waals surface area contributed by atoms with Crippen LogP contribution in [-0.2, 0) is 11.8 Å². The van der Waals surface area contributed by atoms with Gasteiger partial charge in [0.1, 0.15) is 0 Å². The van der Waals surface area contributed by atoms with E-state index in [4.69, 9.17) is 0 Å². The number of benzene rings is 1. The van der Waals surface area contributed by atoms with E-state index in [1.807, 2.05) is 6.92 Å². The summed E-state index contributed by atoms with van der Waals surface area (Å²) in [5.74, 6) is 0. The Morgan fingerprint density at radius 3 is 2.44 bits per heavy atom. The van der Waals surface area contributed by atoms with Crippen LogP contribution in [0.2, 0.25) is 0 Å². The Bertz CT molecular complexity index is 801. The van der Waals surface area contributed by atoms with Crippen molar-refractivity contribution in [3.8, 4) is 0 Å². The van der Waals surface area contributed by atoms with Gasteiger partial charge in [0.05, 0.1) is 11.2 Å². The fourth-order valence-corrected chi connectivity index (χ4v) is 3.50. The van der Waals surface area contributed by atoms with E-state index < -0.39 is 17.3 Å². The third-order valence-corrected chi connectivity index (χ3v) is 4.65. The molecule has 4 nitrogen and oxygen atoms in total. The molecule has 0 radical (unpaired) electrons. The normalized spacial score (nSPS) is 27.2. The van der Waals surface area contributed by atoms with Crippen molar-refractivity contribution in [2.45, 2.75) is 43.6 Å². The molecule has 0 spiro atoms. The van der Waals surface area contributed by atoms with Crippen molar-refractivity contribution in [2.24, 2.45) is 0 Å². The van der Waals surface area contributed by atoms with Gasteiger partial charge in [-0.1, -0.05) is 18.2 Å². The van der Waals surface area contributed by atoms with Gasteiger partial charge in [-0.15, -0.1) is 0 Å². The van der Waals surface area contributed by atoms with E-state index in [9.17, 15) is 23.1 Å². The largest absolute Gasteiger partial charge is 0.416 e. The molecule has 1 aromatic heterocycles. The van der Waals surface area contributed by atoms with Crippen molar-refractivity contribution < 1.29 is 18.3 Å². The van der Waals surface area contributed by atoms with E-state index in [2.05, 4.69) is 10.3 Å². The third kappa shape index (κ3) is 3.62. The molecule has 134 valence electrons. The summed E-state index contributed by atoms with van der Waals surface area (Å²) in [6.45, 7) is 1.87. The fraction of sp³-hybridized carbons (Fsp3) is 0.389. The lowest BCUT2D eigenvalue weighted by Gasteiger charge is -2.41. The number of aliphatic hydroxyl groups is 1. The van der Waals surface area contributed by atoms with E-state index in [0.29, 0.717) is 17.5 Å². The number of rotatable bonds is 2. The van der Waals surface area contributed by atoms with Gasteiger partial charge in [0, 0.05) is 30.3 Å². The van der Waals surface area contributed by atoms with Gasteiger partial charge in [0.15, 0.2) is 0 Å². The summed E-state index contributed by atoms with van der Waals surface area (Å²) in [6, 6.07) is 7.47. The predicted molar refractivity (Wildman–Crippen MR) is 87.0 cm³/mol.